The highest BCUT2D eigenvalue weighted by Crippen LogP contribution is 2.23. The smallest absolute Gasteiger partial charge is 0.0492 e. The van der Waals surface area contributed by atoms with Gasteiger partial charge in [0.05, 0.1) is 0 Å². The number of nitrogens with one attached hydrogen (secondary N) is 1. The Kier molecular flexibility index (Phi) is 3.84. The van der Waals surface area contributed by atoms with Crippen LogP contribution >= 0.6 is 15.9 Å². The number of benzene rings is 1. The molecule has 0 fully saturated rings. The van der Waals surface area contributed by atoms with E-state index in [1.54, 1.807) is 0 Å². The van der Waals surface area contributed by atoms with Gasteiger partial charge in [0.2, 0.25) is 0 Å². The third kappa shape index (κ3) is 3.09. The molecule has 2 aromatic rings. The van der Waals surface area contributed by atoms with Crippen LogP contribution in [0.1, 0.15) is 11.3 Å². The minimum absolute atomic E-state index is 0.904. The van der Waals surface area contributed by atoms with Crippen molar-refractivity contribution in [2.24, 2.45) is 7.05 Å². The topological polar surface area (TPSA) is 29.9 Å². The summed E-state index contributed by atoms with van der Waals surface area (Å²) >= 11 is 3.54. The molecule has 90 valence electrons. The third-order valence-electron chi connectivity index (χ3n) is 2.74. The van der Waals surface area contributed by atoms with Crippen LogP contribution in [-0.2, 0) is 13.5 Å². The van der Waals surface area contributed by atoms with Crippen LogP contribution in [0.4, 0.5) is 5.69 Å². The average Bonchev–Trinajstić information content (AvgIpc) is 2.70. The maximum absolute atomic E-state index is 4.15. The first-order chi connectivity index (χ1) is 8.16. The highest BCUT2D eigenvalue weighted by molar-refractivity contribution is 9.10. The number of hydrogen-bond acceptors (Lipinski definition) is 2. The lowest BCUT2D eigenvalue weighted by Gasteiger charge is -2.09. The summed E-state index contributed by atoms with van der Waals surface area (Å²) in [5.74, 6) is 0. The number of halogens is 1. The number of aryl methyl sites for hydroxylation is 2. The average molecular weight is 294 g/mol. The van der Waals surface area contributed by atoms with Crippen molar-refractivity contribution in [2.45, 2.75) is 13.3 Å². The highest BCUT2D eigenvalue weighted by atomic mass is 79.9. The van der Waals surface area contributed by atoms with E-state index in [2.05, 4.69) is 51.5 Å². The Morgan fingerprint density at radius 2 is 2.18 bits per heavy atom. The Morgan fingerprint density at radius 1 is 1.35 bits per heavy atom. The Morgan fingerprint density at radius 3 is 2.88 bits per heavy atom. The second-order valence-corrected chi connectivity index (χ2v) is 4.96. The molecule has 0 atom stereocenters. The summed E-state index contributed by atoms with van der Waals surface area (Å²) in [5, 5.41) is 7.58. The minimum atomic E-state index is 0.904. The standard InChI is InChI=1S/C13H16BrN3/c1-10-3-4-12(14)13(9-10)15-7-5-11-6-8-16-17(11)2/h3-4,6,8-9,15H,5,7H2,1-2H3. The SMILES string of the molecule is Cc1ccc(Br)c(NCCc2ccnn2C)c1. The first kappa shape index (κ1) is 12.2. The van der Waals surface area contributed by atoms with Gasteiger partial charge in [0, 0.05) is 42.1 Å². The largest absolute Gasteiger partial charge is 0.384 e. The lowest BCUT2D eigenvalue weighted by atomic mass is 10.2. The predicted octanol–water partition coefficient (Wildman–Crippen LogP) is 3.15. The molecule has 0 saturated carbocycles. The Balaban J connectivity index is 1.94. The van der Waals surface area contributed by atoms with E-state index in [9.17, 15) is 0 Å². The van der Waals surface area contributed by atoms with E-state index in [1.165, 1.54) is 11.3 Å². The van der Waals surface area contributed by atoms with Gasteiger partial charge in [-0.2, -0.15) is 5.10 Å². The molecule has 0 aliphatic heterocycles. The molecule has 1 heterocycles. The van der Waals surface area contributed by atoms with E-state index >= 15 is 0 Å². The molecule has 1 N–H and O–H groups in total. The fourth-order valence-corrected chi connectivity index (χ4v) is 2.13. The molecule has 17 heavy (non-hydrogen) atoms. The van der Waals surface area contributed by atoms with Crippen molar-refractivity contribution in [2.75, 3.05) is 11.9 Å². The maximum Gasteiger partial charge on any atom is 0.0492 e. The third-order valence-corrected chi connectivity index (χ3v) is 3.43. The molecule has 0 amide bonds. The van der Waals surface area contributed by atoms with Crippen LogP contribution in [-0.4, -0.2) is 16.3 Å². The van der Waals surface area contributed by atoms with Crippen molar-refractivity contribution in [3.05, 3.63) is 46.2 Å². The zero-order valence-corrected chi connectivity index (χ0v) is 11.7. The van der Waals surface area contributed by atoms with Crippen molar-refractivity contribution in [3.63, 3.8) is 0 Å². The van der Waals surface area contributed by atoms with E-state index in [-0.39, 0.29) is 0 Å². The van der Waals surface area contributed by atoms with Gasteiger partial charge in [0.25, 0.3) is 0 Å². The normalized spacial score (nSPS) is 10.5. The van der Waals surface area contributed by atoms with Crippen LogP contribution in [0.25, 0.3) is 0 Å². The van der Waals surface area contributed by atoms with Crippen molar-refractivity contribution >= 4 is 21.6 Å². The molecule has 3 nitrogen and oxygen atoms in total. The monoisotopic (exact) mass is 293 g/mol. The van der Waals surface area contributed by atoms with Crippen molar-refractivity contribution in [1.29, 1.82) is 0 Å². The van der Waals surface area contributed by atoms with Crippen LogP contribution in [0.3, 0.4) is 0 Å². The molecule has 1 aromatic heterocycles. The van der Waals surface area contributed by atoms with Gasteiger partial charge < -0.3 is 5.32 Å². The number of aromatic nitrogens is 2. The number of rotatable bonds is 4. The van der Waals surface area contributed by atoms with Gasteiger partial charge in [0.1, 0.15) is 0 Å². The Bertz CT molecular complexity index is 505. The van der Waals surface area contributed by atoms with Gasteiger partial charge in [0.15, 0.2) is 0 Å². The molecule has 4 heteroatoms. The van der Waals surface area contributed by atoms with E-state index in [4.69, 9.17) is 0 Å². The lowest BCUT2D eigenvalue weighted by molar-refractivity contribution is 0.711. The van der Waals surface area contributed by atoms with E-state index in [1.807, 2.05) is 24.0 Å². The van der Waals surface area contributed by atoms with Crippen molar-refractivity contribution in [1.82, 2.24) is 9.78 Å². The molecule has 0 aliphatic carbocycles. The molecular formula is C13H16BrN3. The van der Waals surface area contributed by atoms with Crippen LogP contribution in [0.2, 0.25) is 0 Å². The molecule has 1 aromatic carbocycles. The molecule has 2 rings (SSSR count). The van der Waals surface area contributed by atoms with Gasteiger partial charge in [-0.1, -0.05) is 6.07 Å². The quantitative estimate of drug-likeness (QED) is 0.939. The van der Waals surface area contributed by atoms with Crippen LogP contribution < -0.4 is 5.32 Å². The van der Waals surface area contributed by atoms with E-state index < -0.39 is 0 Å². The molecule has 0 saturated heterocycles. The van der Waals surface area contributed by atoms with E-state index in [0.717, 1.165) is 23.1 Å². The fraction of sp³-hybridized carbons (Fsp3) is 0.308. The van der Waals surface area contributed by atoms with Crippen molar-refractivity contribution < 1.29 is 0 Å². The minimum Gasteiger partial charge on any atom is -0.384 e. The first-order valence-corrected chi connectivity index (χ1v) is 6.43. The maximum atomic E-state index is 4.15. The first-order valence-electron chi connectivity index (χ1n) is 5.64. The Labute approximate surface area is 110 Å². The number of nitrogens with zero attached hydrogens (tertiary/aromatic N) is 2. The van der Waals surface area contributed by atoms with Crippen LogP contribution in [0, 0.1) is 6.92 Å². The van der Waals surface area contributed by atoms with Gasteiger partial charge in [-0.05, 0) is 46.6 Å². The summed E-state index contributed by atoms with van der Waals surface area (Å²) in [5.41, 5.74) is 3.64. The lowest BCUT2D eigenvalue weighted by Crippen LogP contribution is -2.08. The van der Waals surface area contributed by atoms with Gasteiger partial charge in [-0.15, -0.1) is 0 Å². The van der Waals surface area contributed by atoms with Gasteiger partial charge >= 0.3 is 0 Å². The van der Waals surface area contributed by atoms with Crippen molar-refractivity contribution in [3.8, 4) is 0 Å². The second-order valence-electron chi connectivity index (χ2n) is 4.11. The summed E-state index contributed by atoms with van der Waals surface area (Å²) in [7, 11) is 1.97. The zero-order valence-electron chi connectivity index (χ0n) is 10.1. The summed E-state index contributed by atoms with van der Waals surface area (Å²) in [4.78, 5) is 0. The molecule has 0 spiro atoms. The van der Waals surface area contributed by atoms with Crippen LogP contribution in [0.15, 0.2) is 34.9 Å². The van der Waals surface area contributed by atoms with Gasteiger partial charge in [-0.25, -0.2) is 0 Å². The molecule has 0 aliphatic rings. The summed E-state index contributed by atoms with van der Waals surface area (Å²) in [6, 6.07) is 8.36. The highest BCUT2D eigenvalue weighted by Gasteiger charge is 2.01. The summed E-state index contributed by atoms with van der Waals surface area (Å²) in [6.45, 7) is 3.00. The van der Waals surface area contributed by atoms with Gasteiger partial charge in [-0.3, -0.25) is 4.68 Å². The zero-order chi connectivity index (χ0) is 12.3. The van der Waals surface area contributed by atoms with E-state index in [0.29, 0.717) is 0 Å². The number of anilines is 1. The number of hydrogen-bond donors (Lipinski definition) is 1. The van der Waals surface area contributed by atoms with Crippen LogP contribution in [0.5, 0.6) is 0 Å². The fourth-order valence-electron chi connectivity index (χ4n) is 1.75. The summed E-state index contributed by atoms with van der Waals surface area (Å²) in [6.07, 6.45) is 2.80. The Hall–Kier alpha value is -1.29. The molecule has 0 bridgehead atoms. The summed E-state index contributed by atoms with van der Waals surface area (Å²) < 4.78 is 3.01. The molecular weight excluding hydrogens is 278 g/mol. The predicted molar refractivity (Wildman–Crippen MR) is 74.3 cm³/mol. The second kappa shape index (κ2) is 5.36. The molecule has 0 radical (unpaired) electrons. The molecule has 0 unspecified atom stereocenters.